The molecule has 2 rings (SSSR count). The maximum atomic E-state index is 11.2. The smallest absolute Gasteiger partial charge is 0.872 e. The van der Waals surface area contributed by atoms with Gasteiger partial charge in [-0.05, 0) is 37.1 Å². The number of rotatable bonds is 4. The van der Waals surface area contributed by atoms with Crippen LogP contribution in [0, 0.1) is 0 Å². The van der Waals surface area contributed by atoms with E-state index >= 15 is 0 Å². The van der Waals surface area contributed by atoms with Crippen molar-refractivity contribution < 1.29 is 36.9 Å². The van der Waals surface area contributed by atoms with E-state index < -0.39 is 0 Å². The Morgan fingerprint density at radius 3 is 1.20 bits per heavy atom. The molecule has 133 valence electrons. The minimum absolute atomic E-state index is 0. The van der Waals surface area contributed by atoms with Gasteiger partial charge in [-0.1, -0.05) is 72.2 Å². The molecular weight excluding hydrogens is 368 g/mol. The number of ketones is 2. The van der Waals surface area contributed by atoms with E-state index in [0.29, 0.717) is 11.1 Å². The van der Waals surface area contributed by atoms with Crippen molar-refractivity contribution in [2.75, 3.05) is 0 Å². The summed E-state index contributed by atoms with van der Waals surface area (Å²) in [6, 6.07) is 17.4. The van der Waals surface area contributed by atoms with Crippen LogP contribution in [0.2, 0.25) is 0 Å². The summed E-state index contributed by atoms with van der Waals surface area (Å²) >= 11 is 0. The molecule has 0 N–H and O–H groups in total. The zero-order chi connectivity index (χ0) is 17.9. The van der Waals surface area contributed by atoms with Gasteiger partial charge in [0.2, 0.25) is 0 Å². The molecule has 0 fully saturated rings. The molecule has 0 aromatic heterocycles. The summed E-state index contributed by atoms with van der Waals surface area (Å²) in [5, 5.41) is 22.4. The number of carbonyl (C=O) groups is 2. The van der Waals surface area contributed by atoms with E-state index in [1.54, 1.807) is 48.5 Å². The van der Waals surface area contributed by atoms with Gasteiger partial charge in [0.05, 0.1) is 0 Å². The summed E-state index contributed by atoms with van der Waals surface area (Å²) in [5.41, 5.74) is 1.10. The van der Waals surface area contributed by atoms with Gasteiger partial charge in [-0.2, -0.15) is 0 Å². The Hall–Kier alpha value is -2.62. The second-order valence-electron chi connectivity index (χ2n) is 4.97. The molecule has 0 atom stereocenters. The van der Waals surface area contributed by atoms with Gasteiger partial charge in [0.15, 0.2) is 11.6 Å². The van der Waals surface area contributed by atoms with Crippen molar-refractivity contribution in [1.82, 2.24) is 0 Å². The van der Waals surface area contributed by atoms with Crippen LogP contribution in [0.5, 0.6) is 0 Å². The van der Waals surface area contributed by atoms with Gasteiger partial charge in [-0.3, -0.25) is 9.59 Å². The van der Waals surface area contributed by atoms with E-state index in [2.05, 4.69) is 0 Å². The number of hydrogen-bond acceptors (Lipinski definition) is 4. The molecule has 0 heterocycles. The van der Waals surface area contributed by atoms with Gasteiger partial charge in [-0.15, -0.1) is 0 Å². The molecule has 0 aliphatic carbocycles. The molecule has 1 radical (unpaired) electrons. The average molecular weight is 386 g/mol. The zero-order valence-electron chi connectivity index (χ0n) is 13.9. The van der Waals surface area contributed by atoms with Crippen LogP contribution >= 0.6 is 0 Å². The van der Waals surface area contributed by atoms with E-state index in [1.807, 2.05) is 12.1 Å². The first-order valence-electron chi connectivity index (χ1n) is 7.29. The Balaban J connectivity index is 0.000000443. The fourth-order valence-electron chi connectivity index (χ4n) is 1.74. The fourth-order valence-corrected chi connectivity index (χ4v) is 1.74. The van der Waals surface area contributed by atoms with Crippen LogP contribution in [0.25, 0.3) is 11.5 Å². The molecular formula is C20H18CuO4. The average Bonchev–Trinajstić information content (AvgIpc) is 2.56. The van der Waals surface area contributed by atoms with Crippen molar-refractivity contribution in [2.45, 2.75) is 13.8 Å². The SMILES string of the molecule is CC(=O)/C=C(\[O-])c1ccccc1.CC(=O)/C=C(\[O-])c1ccccc1.[Cu+2]. The molecule has 5 heteroatoms. The maximum absolute atomic E-state index is 11.2. The molecule has 4 nitrogen and oxygen atoms in total. The van der Waals surface area contributed by atoms with Crippen LogP contribution in [0.3, 0.4) is 0 Å². The summed E-state index contributed by atoms with van der Waals surface area (Å²) in [6.45, 7) is 2.72. The second-order valence-corrected chi connectivity index (χ2v) is 4.97. The molecule has 2 aromatic carbocycles. The van der Waals surface area contributed by atoms with Crippen molar-refractivity contribution in [2.24, 2.45) is 0 Å². The largest absolute Gasteiger partial charge is 2.00 e. The van der Waals surface area contributed by atoms with Gasteiger partial charge in [-0.25, -0.2) is 0 Å². The third-order valence-corrected chi connectivity index (χ3v) is 2.79. The third-order valence-electron chi connectivity index (χ3n) is 2.79. The monoisotopic (exact) mass is 385 g/mol. The van der Waals surface area contributed by atoms with Crippen molar-refractivity contribution >= 4 is 23.1 Å². The van der Waals surface area contributed by atoms with Crippen molar-refractivity contribution in [3.05, 3.63) is 83.9 Å². The molecule has 0 aliphatic heterocycles. The Morgan fingerprint density at radius 1 is 0.680 bits per heavy atom. The van der Waals surface area contributed by atoms with Crippen LogP contribution in [-0.4, -0.2) is 11.6 Å². The standard InChI is InChI=1S/2C10H10O2.Cu/c2*1-8(11)7-10(12)9-5-3-2-4-6-9;/h2*2-7,12H,1H3;/q;;+2/p-2/b2*10-7-;. The first kappa shape index (κ1) is 22.4. The molecule has 0 aliphatic rings. The summed E-state index contributed by atoms with van der Waals surface area (Å²) < 4.78 is 0. The minimum Gasteiger partial charge on any atom is -0.872 e. The molecule has 2 aromatic rings. The molecule has 0 saturated heterocycles. The summed E-state index contributed by atoms with van der Waals surface area (Å²) in [4.78, 5) is 21.1. The van der Waals surface area contributed by atoms with Crippen LogP contribution in [0.4, 0.5) is 0 Å². The van der Waals surface area contributed by atoms with Crippen LogP contribution < -0.4 is 10.2 Å². The first-order valence-corrected chi connectivity index (χ1v) is 7.29. The topological polar surface area (TPSA) is 80.3 Å². The van der Waals surface area contributed by atoms with Crippen molar-refractivity contribution in [3.63, 3.8) is 0 Å². The fraction of sp³-hybridized carbons (Fsp3) is 0.100. The van der Waals surface area contributed by atoms with E-state index in [-0.39, 0.29) is 40.2 Å². The van der Waals surface area contributed by atoms with Crippen LogP contribution in [0.15, 0.2) is 72.8 Å². The quantitative estimate of drug-likeness (QED) is 0.457. The van der Waals surface area contributed by atoms with E-state index in [4.69, 9.17) is 0 Å². The van der Waals surface area contributed by atoms with Gasteiger partial charge >= 0.3 is 17.1 Å². The van der Waals surface area contributed by atoms with E-state index in [9.17, 15) is 19.8 Å². The molecule has 25 heavy (non-hydrogen) atoms. The number of carbonyl (C=O) groups excluding carboxylic acids is 2. The normalized spacial score (nSPS) is 10.8. The number of allylic oxidation sites excluding steroid dienone is 2. The first-order chi connectivity index (χ1) is 11.4. The van der Waals surface area contributed by atoms with E-state index in [0.717, 1.165) is 12.2 Å². The van der Waals surface area contributed by atoms with Crippen molar-refractivity contribution in [3.8, 4) is 0 Å². The molecule has 0 saturated carbocycles. The molecule has 0 spiro atoms. The summed E-state index contributed by atoms with van der Waals surface area (Å²) in [5.74, 6) is -0.904. The van der Waals surface area contributed by atoms with Gasteiger partial charge < -0.3 is 10.2 Å². The van der Waals surface area contributed by atoms with Gasteiger partial charge in [0, 0.05) is 0 Å². The molecule has 0 bridgehead atoms. The van der Waals surface area contributed by atoms with Gasteiger partial charge in [0.1, 0.15) is 0 Å². The zero-order valence-corrected chi connectivity index (χ0v) is 14.8. The minimum atomic E-state index is -0.233. The molecule has 0 amide bonds. The maximum Gasteiger partial charge on any atom is 2.00 e. The van der Waals surface area contributed by atoms with Gasteiger partial charge in [0.25, 0.3) is 0 Å². The predicted octanol–water partition coefficient (Wildman–Crippen LogP) is 1.95. The summed E-state index contributed by atoms with van der Waals surface area (Å²) in [7, 11) is 0. The second kappa shape index (κ2) is 11.8. The third kappa shape index (κ3) is 9.30. The number of hydrogen-bond donors (Lipinski definition) is 0. The molecule has 0 unspecified atom stereocenters. The summed E-state index contributed by atoms with van der Waals surface area (Å²) in [6.07, 6.45) is 2.19. The Kier molecular flexibility index (Phi) is 10.6. The Morgan fingerprint density at radius 2 is 0.960 bits per heavy atom. The predicted molar refractivity (Wildman–Crippen MR) is 90.2 cm³/mol. The van der Waals surface area contributed by atoms with E-state index in [1.165, 1.54) is 13.8 Å². The van der Waals surface area contributed by atoms with Crippen LogP contribution in [-0.2, 0) is 26.7 Å². The Labute approximate surface area is 158 Å². The Bertz CT molecular complexity index is 669. The van der Waals surface area contributed by atoms with Crippen molar-refractivity contribution in [1.29, 1.82) is 0 Å². The number of benzene rings is 2. The van der Waals surface area contributed by atoms with Crippen LogP contribution in [0.1, 0.15) is 25.0 Å².